The molecule has 1 aromatic heterocycles. The molecule has 3 heteroatoms. The van der Waals surface area contributed by atoms with E-state index in [1.54, 1.807) is 0 Å². The van der Waals surface area contributed by atoms with E-state index < -0.39 is 0 Å². The summed E-state index contributed by atoms with van der Waals surface area (Å²) in [5, 5.41) is 3.43. The number of allylic oxidation sites excluding steroid dienone is 1. The molecule has 0 aromatic carbocycles. The molecule has 0 aliphatic heterocycles. The van der Waals surface area contributed by atoms with Crippen LogP contribution in [-0.2, 0) is 13.6 Å². The second-order valence-electron chi connectivity index (χ2n) is 3.60. The minimum Gasteiger partial charge on any atom is -0.337 e. The van der Waals surface area contributed by atoms with Crippen molar-refractivity contribution in [2.24, 2.45) is 7.05 Å². The minimum atomic E-state index is 0.518. The lowest BCUT2D eigenvalue weighted by Crippen LogP contribution is -2.26. The Kier molecular flexibility index (Phi) is 4.40. The molecule has 1 aromatic rings. The molecule has 1 N–H and O–H groups in total. The van der Waals surface area contributed by atoms with Gasteiger partial charge in [-0.15, -0.1) is 6.58 Å². The molecule has 0 fully saturated rings. The normalized spacial score (nSPS) is 12.7. The third kappa shape index (κ3) is 3.34. The molecule has 0 spiro atoms. The first-order valence-corrected chi connectivity index (χ1v) is 5.04. The van der Waals surface area contributed by atoms with E-state index in [0.29, 0.717) is 6.04 Å². The first-order chi connectivity index (χ1) is 6.74. The largest absolute Gasteiger partial charge is 0.337 e. The summed E-state index contributed by atoms with van der Waals surface area (Å²) in [6.07, 6.45) is 7.94. The zero-order valence-corrected chi connectivity index (χ0v) is 9.03. The first kappa shape index (κ1) is 11.0. The Morgan fingerprint density at radius 1 is 1.71 bits per heavy atom. The molecule has 3 nitrogen and oxygen atoms in total. The summed E-state index contributed by atoms with van der Waals surface area (Å²) >= 11 is 0. The number of imidazole rings is 1. The van der Waals surface area contributed by atoms with Crippen LogP contribution >= 0.6 is 0 Å². The highest BCUT2D eigenvalue weighted by atomic mass is 15.1. The Morgan fingerprint density at radius 3 is 3.07 bits per heavy atom. The summed E-state index contributed by atoms with van der Waals surface area (Å²) in [6, 6.07) is 0.518. The van der Waals surface area contributed by atoms with Gasteiger partial charge >= 0.3 is 0 Å². The van der Waals surface area contributed by atoms with Crippen LogP contribution in [0.3, 0.4) is 0 Å². The van der Waals surface area contributed by atoms with Crippen LogP contribution in [0.25, 0.3) is 0 Å². The molecule has 0 saturated carbocycles. The van der Waals surface area contributed by atoms with Gasteiger partial charge in [-0.3, -0.25) is 0 Å². The van der Waals surface area contributed by atoms with E-state index in [1.165, 1.54) is 0 Å². The number of hydrogen-bond donors (Lipinski definition) is 1. The average Bonchev–Trinajstić information content (AvgIpc) is 2.58. The molecule has 0 saturated heterocycles. The number of hydrogen-bond acceptors (Lipinski definition) is 2. The second kappa shape index (κ2) is 5.60. The predicted molar refractivity (Wildman–Crippen MR) is 58.9 cm³/mol. The van der Waals surface area contributed by atoms with Crippen molar-refractivity contribution < 1.29 is 0 Å². The third-order valence-electron chi connectivity index (χ3n) is 2.33. The minimum absolute atomic E-state index is 0.518. The van der Waals surface area contributed by atoms with Crippen LogP contribution in [0.1, 0.15) is 25.6 Å². The summed E-state index contributed by atoms with van der Waals surface area (Å²) in [5.41, 5.74) is 0. The van der Waals surface area contributed by atoms with Gasteiger partial charge in [0.05, 0.1) is 6.54 Å². The Balaban J connectivity index is 2.26. The highest BCUT2D eigenvalue weighted by Crippen LogP contribution is 1.99. The zero-order valence-electron chi connectivity index (χ0n) is 9.03. The standard InChI is InChI=1S/C11H19N3/c1-4-5-6-10(2)13-9-11-12-7-8-14(11)3/h4,7-8,10,13H,1,5-6,9H2,2-3H3. The van der Waals surface area contributed by atoms with Crippen LogP contribution in [0.2, 0.25) is 0 Å². The fourth-order valence-electron chi connectivity index (χ4n) is 1.30. The number of aryl methyl sites for hydroxylation is 1. The van der Waals surface area contributed by atoms with Crippen molar-refractivity contribution in [1.29, 1.82) is 0 Å². The number of aromatic nitrogens is 2. The van der Waals surface area contributed by atoms with Gasteiger partial charge in [0.2, 0.25) is 0 Å². The van der Waals surface area contributed by atoms with Crippen LogP contribution in [0.5, 0.6) is 0 Å². The lowest BCUT2D eigenvalue weighted by Gasteiger charge is -2.12. The summed E-state index contributed by atoms with van der Waals surface area (Å²) in [4.78, 5) is 4.25. The van der Waals surface area contributed by atoms with E-state index >= 15 is 0 Å². The molecule has 0 aliphatic rings. The van der Waals surface area contributed by atoms with Gasteiger partial charge in [-0.25, -0.2) is 4.98 Å². The molecule has 0 aliphatic carbocycles. The molecule has 0 radical (unpaired) electrons. The maximum Gasteiger partial charge on any atom is 0.122 e. The van der Waals surface area contributed by atoms with Gasteiger partial charge in [0.25, 0.3) is 0 Å². The van der Waals surface area contributed by atoms with Gasteiger partial charge in [-0.1, -0.05) is 6.08 Å². The van der Waals surface area contributed by atoms with Gasteiger partial charge in [-0.05, 0) is 19.8 Å². The molecule has 1 rings (SSSR count). The lowest BCUT2D eigenvalue weighted by atomic mass is 10.2. The van der Waals surface area contributed by atoms with Crippen molar-refractivity contribution >= 4 is 0 Å². The number of rotatable bonds is 6. The molecule has 0 bridgehead atoms. The van der Waals surface area contributed by atoms with E-state index in [2.05, 4.69) is 23.8 Å². The maximum atomic E-state index is 4.25. The third-order valence-corrected chi connectivity index (χ3v) is 2.33. The molecule has 14 heavy (non-hydrogen) atoms. The molecule has 78 valence electrons. The summed E-state index contributed by atoms with van der Waals surface area (Å²) in [5.74, 6) is 1.08. The van der Waals surface area contributed by atoms with E-state index in [4.69, 9.17) is 0 Å². The van der Waals surface area contributed by atoms with Crippen molar-refractivity contribution in [2.45, 2.75) is 32.4 Å². The Bertz CT molecular complexity index is 278. The monoisotopic (exact) mass is 193 g/mol. The molecular weight excluding hydrogens is 174 g/mol. The quantitative estimate of drug-likeness (QED) is 0.699. The van der Waals surface area contributed by atoms with Gasteiger partial charge < -0.3 is 9.88 Å². The molecule has 1 unspecified atom stereocenters. The van der Waals surface area contributed by atoms with Crippen molar-refractivity contribution in [1.82, 2.24) is 14.9 Å². The van der Waals surface area contributed by atoms with Crippen LogP contribution in [0.4, 0.5) is 0 Å². The van der Waals surface area contributed by atoms with Crippen LogP contribution < -0.4 is 5.32 Å². The van der Waals surface area contributed by atoms with Gasteiger partial charge in [0.15, 0.2) is 0 Å². The maximum absolute atomic E-state index is 4.25. The van der Waals surface area contributed by atoms with E-state index in [9.17, 15) is 0 Å². The van der Waals surface area contributed by atoms with E-state index in [0.717, 1.165) is 25.2 Å². The molecule has 0 amide bonds. The fourth-order valence-corrected chi connectivity index (χ4v) is 1.30. The highest BCUT2D eigenvalue weighted by molar-refractivity contribution is 4.90. The topological polar surface area (TPSA) is 29.9 Å². The van der Waals surface area contributed by atoms with Crippen molar-refractivity contribution in [2.75, 3.05) is 0 Å². The Labute approximate surface area is 85.8 Å². The van der Waals surface area contributed by atoms with Gasteiger partial charge in [0.1, 0.15) is 5.82 Å². The predicted octanol–water partition coefficient (Wildman–Crippen LogP) is 1.86. The smallest absolute Gasteiger partial charge is 0.122 e. The zero-order chi connectivity index (χ0) is 10.4. The Morgan fingerprint density at radius 2 is 2.50 bits per heavy atom. The molecule has 1 atom stereocenters. The van der Waals surface area contributed by atoms with Crippen LogP contribution in [-0.4, -0.2) is 15.6 Å². The summed E-state index contributed by atoms with van der Waals surface area (Å²) in [7, 11) is 2.01. The summed E-state index contributed by atoms with van der Waals surface area (Å²) in [6.45, 7) is 6.73. The number of nitrogens with zero attached hydrogens (tertiary/aromatic N) is 2. The second-order valence-corrected chi connectivity index (χ2v) is 3.60. The average molecular weight is 193 g/mol. The summed E-state index contributed by atoms with van der Waals surface area (Å²) < 4.78 is 2.03. The van der Waals surface area contributed by atoms with E-state index in [1.807, 2.05) is 30.1 Å². The van der Waals surface area contributed by atoms with Crippen LogP contribution in [0, 0.1) is 0 Å². The van der Waals surface area contributed by atoms with Gasteiger partial charge in [0, 0.05) is 25.5 Å². The number of nitrogens with one attached hydrogen (secondary N) is 1. The first-order valence-electron chi connectivity index (χ1n) is 5.04. The lowest BCUT2D eigenvalue weighted by molar-refractivity contribution is 0.502. The van der Waals surface area contributed by atoms with Crippen molar-refractivity contribution in [3.05, 3.63) is 30.9 Å². The van der Waals surface area contributed by atoms with Gasteiger partial charge in [-0.2, -0.15) is 0 Å². The molecule has 1 heterocycles. The Hall–Kier alpha value is -1.09. The van der Waals surface area contributed by atoms with E-state index in [-0.39, 0.29) is 0 Å². The highest BCUT2D eigenvalue weighted by Gasteiger charge is 2.02. The van der Waals surface area contributed by atoms with Crippen molar-refractivity contribution in [3.8, 4) is 0 Å². The van der Waals surface area contributed by atoms with Crippen molar-refractivity contribution in [3.63, 3.8) is 0 Å². The van der Waals surface area contributed by atoms with Crippen LogP contribution in [0.15, 0.2) is 25.0 Å². The fraction of sp³-hybridized carbons (Fsp3) is 0.545. The SMILES string of the molecule is C=CCCC(C)NCc1nccn1C. The molecular formula is C11H19N3.